The lowest BCUT2D eigenvalue weighted by Gasteiger charge is -2.17. The SMILES string of the molecule is Cc1ccc2[nH]c3c(c2c1)CCCC3=N[C@H](C)c1ccccc1. The number of fused-ring (bicyclic) bond motifs is 3. The topological polar surface area (TPSA) is 28.1 Å². The maximum Gasteiger partial charge on any atom is 0.0725 e. The van der Waals surface area contributed by atoms with E-state index in [0.29, 0.717) is 0 Å². The molecular formula is C21H22N2. The predicted molar refractivity (Wildman–Crippen MR) is 97.4 cm³/mol. The Bertz CT molecular complexity index is 871. The third-order valence-corrected chi connectivity index (χ3v) is 4.82. The van der Waals surface area contributed by atoms with Gasteiger partial charge in [0.25, 0.3) is 0 Å². The van der Waals surface area contributed by atoms with E-state index < -0.39 is 0 Å². The van der Waals surface area contributed by atoms with Gasteiger partial charge in [0.1, 0.15) is 0 Å². The number of aryl methyl sites for hydroxylation is 2. The quantitative estimate of drug-likeness (QED) is 0.660. The Kier molecular flexibility index (Phi) is 3.53. The normalized spacial score (nSPS) is 17.4. The van der Waals surface area contributed by atoms with Crippen molar-refractivity contribution in [2.24, 2.45) is 4.99 Å². The Hall–Kier alpha value is -2.35. The van der Waals surface area contributed by atoms with Gasteiger partial charge in [-0.1, -0.05) is 42.0 Å². The molecule has 1 atom stereocenters. The zero-order valence-corrected chi connectivity index (χ0v) is 13.8. The molecule has 116 valence electrons. The van der Waals surface area contributed by atoms with Crippen LogP contribution in [-0.2, 0) is 6.42 Å². The van der Waals surface area contributed by atoms with Gasteiger partial charge in [0.15, 0.2) is 0 Å². The van der Waals surface area contributed by atoms with Gasteiger partial charge < -0.3 is 4.98 Å². The molecule has 0 saturated heterocycles. The summed E-state index contributed by atoms with van der Waals surface area (Å²) in [6, 6.07) is 17.4. The van der Waals surface area contributed by atoms with Gasteiger partial charge in [0.05, 0.1) is 17.4 Å². The van der Waals surface area contributed by atoms with Gasteiger partial charge in [0, 0.05) is 10.9 Å². The molecule has 1 heterocycles. The minimum absolute atomic E-state index is 0.199. The number of hydrogen-bond acceptors (Lipinski definition) is 1. The second kappa shape index (κ2) is 5.69. The van der Waals surface area contributed by atoms with E-state index in [-0.39, 0.29) is 6.04 Å². The summed E-state index contributed by atoms with van der Waals surface area (Å²) < 4.78 is 0. The van der Waals surface area contributed by atoms with Crippen molar-refractivity contribution in [2.45, 2.75) is 39.2 Å². The molecule has 0 unspecified atom stereocenters. The second-order valence-corrected chi connectivity index (χ2v) is 6.54. The Morgan fingerprint density at radius 1 is 1.04 bits per heavy atom. The average molecular weight is 302 g/mol. The molecule has 0 saturated carbocycles. The fourth-order valence-electron chi connectivity index (χ4n) is 3.59. The van der Waals surface area contributed by atoms with Gasteiger partial charge >= 0.3 is 0 Å². The van der Waals surface area contributed by atoms with E-state index in [1.807, 2.05) is 0 Å². The first-order chi connectivity index (χ1) is 11.2. The Labute approximate surface area is 137 Å². The minimum Gasteiger partial charge on any atom is -0.353 e. The van der Waals surface area contributed by atoms with Crippen LogP contribution in [0.15, 0.2) is 53.5 Å². The smallest absolute Gasteiger partial charge is 0.0725 e. The molecule has 2 heteroatoms. The first-order valence-electron chi connectivity index (χ1n) is 8.45. The molecule has 0 radical (unpaired) electrons. The second-order valence-electron chi connectivity index (χ2n) is 6.54. The largest absolute Gasteiger partial charge is 0.353 e. The highest BCUT2D eigenvalue weighted by molar-refractivity contribution is 6.06. The van der Waals surface area contributed by atoms with Gasteiger partial charge in [-0.15, -0.1) is 0 Å². The molecule has 2 nitrogen and oxygen atoms in total. The highest BCUT2D eigenvalue weighted by atomic mass is 14.8. The van der Waals surface area contributed by atoms with E-state index in [4.69, 9.17) is 4.99 Å². The lowest BCUT2D eigenvalue weighted by molar-refractivity contribution is 0.784. The van der Waals surface area contributed by atoms with Crippen molar-refractivity contribution in [2.75, 3.05) is 0 Å². The average Bonchev–Trinajstić information content (AvgIpc) is 2.95. The molecule has 23 heavy (non-hydrogen) atoms. The zero-order chi connectivity index (χ0) is 15.8. The van der Waals surface area contributed by atoms with Crippen molar-refractivity contribution in [1.82, 2.24) is 4.98 Å². The number of rotatable bonds is 2. The number of aromatic amines is 1. The molecule has 1 aliphatic rings. The van der Waals surface area contributed by atoms with Crippen molar-refractivity contribution in [3.8, 4) is 0 Å². The van der Waals surface area contributed by atoms with Crippen LogP contribution >= 0.6 is 0 Å². The summed E-state index contributed by atoms with van der Waals surface area (Å²) in [5.74, 6) is 0. The molecule has 3 aromatic rings. The van der Waals surface area contributed by atoms with Crippen molar-refractivity contribution >= 4 is 16.6 Å². The first kappa shape index (κ1) is 14.3. The van der Waals surface area contributed by atoms with E-state index in [2.05, 4.69) is 67.4 Å². The molecule has 0 spiro atoms. The minimum atomic E-state index is 0.199. The van der Waals surface area contributed by atoms with Gasteiger partial charge in [-0.05, 0) is 56.4 Å². The fourth-order valence-corrected chi connectivity index (χ4v) is 3.59. The van der Waals surface area contributed by atoms with Crippen LogP contribution in [-0.4, -0.2) is 10.7 Å². The van der Waals surface area contributed by atoms with Crippen molar-refractivity contribution < 1.29 is 0 Å². The van der Waals surface area contributed by atoms with E-state index >= 15 is 0 Å². The van der Waals surface area contributed by atoms with Crippen molar-refractivity contribution in [3.63, 3.8) is 0 Å². The molecule has 1 aromatic heterocycles. The van der Waals surface area contributed by atoms with Crippen LogP contribution in [0.1, 0.15) is 48.2 Å². The Balaban J connectivity index is 1.78. The zero-order valence-electron chi connectivity index (χ0n) is 13.8. The number of aliphatic imine (C=N–C) groups is 1. The summed E-state index contributed by atoms with van der Waals surface area (Å²) in [5.41, 5.74) is 7.78. The monoisotopic (exact) mass is 302 g/mol. The molecule has 0 amide bonds. The Morgan fingerprint density at radius 3 is 2.70 bits per heavy atom. The third-order valence-electron chi connectivity index (χ3n) is 4.82. The molecular weight excluding hydrogens is 280 g/mol. The summed E-state index contributed by atoms with van der Waals surface area (Å²) in [6.07, 6.45) is 3.40. The summed E-state index contributed by atoms with van der Waals surface area (Å²) in [4.78, 5) is 8.67. The van der Waals surface area contributed by atoms with Crippen LogP contribution in [0.2, 0.25) is 0 Å². The van der Waals surface area contributed by atoms with Crippen LogP contribution in [0, 0.1) is 6.92 Å². The summed E-state index contributed by atoms with van der Waals surface area (Å²) in [5, 5.41) is 1.37. The molecule has 4 rings (SSSR count). The van der Waals surface area contributed by atoms with Gasteiger partial charge in [-0.25, -0.2) is 0 Å². The number of H-pyrrole nitrogens is 1. The predicted octanol–water partition coefficient (Wildman–Crippen LogP) is 5.36. The summed E-state index contributed by atoms with van der Waals surface area (Å²) in [7, 11) is 0. The van der Waals surface area contributed by atoms with Gasteiger partial charge in [-0.2, -0.15) is 0 Å². The van der Waals surface area contributed by atoms with Gasteiger partial charge in [-0.3, -0.25) is 4.99 Å². The lowest BCUT2D eigenvalue weighted by Crippen LogP contribution is -2.12. The van der Waals surface area contributed by atoms with E-state index in [1.54, 1.807) is 0 Å². The summed E-state index contributed by atoms with van der Waals surface area (Å²) in [6.45, 7) is 4.34. The maximum absolute atomic E-state index is 5.05. The third kappa shape index (κ3) is 2.59. The number of nitrogens with zero attached hydrogens (tertiary/aromatic N) is 1. The fraction of sp³-hybridized carbons (Fsp3) is 0.286. The van der Waals surface area contributed by atoms with E-state index in [9.17, 15) is 0 Å². The van der Waals surface area contributed by atoms with Gasteiger partial charge in [0.2, 0.25) is 0 Å². The van der Waals surface area contributed by atoms with Crippen LogP contribution in [0.4, 0.5) is 0 Å². The van der Waals surface area contributed by atoms with Crippen molar-refractivity contribution in [1.29, 1.82) is 0 Å². The molecule has 0 fully saturated rings. The highest BCUT2D eigenvalue weighted by Gasteiger charge is 2.21. The molecule has 0 aliphatic heterocycles. The number of benzene rings is 2. The molecule has 2 aromatic carbocycles. The summed E-state index contributed by atoms with van der Waals surface area (Å²) >= 11 is 0. The van der Waals surface area contributed by atoms with Crippen LogP contribution in [0.5, 0.6) is 0 Å². The first-order valence-corrected chi connectivity index (χ1v) is 8.45. The number of hydrogen-bond donors (Lipinski definition) is 1. The standard InChI is InChI=1S/C21H22N2/c1-14-11-12-19-18(13-14)17-9-6-10-20(21(17)23-19)22-15(2)16-7-4-3-5-8-16/h3-5,7-8,11-13,15,23H,6,9-10H2,1-2H3/t15-/m1/s1. The highest BCUT2D eigenvalue weighted by Crippen LogP contribution is 2.31. The molecule has 0 bridgehead atoms. The molecule has 1 aliphatic carbocycles. The number of nitrogens with one attached hydrogen (secondary N) is 1. The lowest BCUT2D eigenvalue weighted by atomic mass is 9.93. The Morgan fingerprint density at radius 2 is 1.87 bits per heavy atom. The molecule has 1 N–H and O–H groups in total. The van der Waals surface area contributed by atoms with E-state index in [0.717, 1.165) is 12.8 Å². The maximum atomic E-state index is 5.05. The van der Waals surface area contributed by atoms with Crippen LogP contribution in [0.3, 0.4) is 0 Å². The number of aromatic nitrogens is 1. The van der Waals surface area contributed by atoms with E-state index in [1.165, 1.54) is 45.4 Å². The van der Waals surface area contributed by atoms with Crippen molar-refractivity contribution in [3.05, 3.63) is 70.9 Å². The van der Waals surface area contributed by atoms with Crippen LogP contribution < -0.4 is 0 Å². The van der Waals surface area contributed by atoms with Crippen LogP contribution in [0.25, 0.3) is 10.9 Å².